The van der Waals surface area contributed by atoms with Crippen LogP contribution in [0.5, 0.6) is 5.75 Å². The Balaban J connectivity index is 2.59. The molecule has 5 heteroatoms. The molecule has 0 heterocycles. The number of rotatable bonds is 7. The van der Waals surface area contributed by atoms with Crippen LogP contribution in [0.4, 0.5) is 0 Å². The third-order valence-corrected chi connectivity index (χ3v) is 3.26. The minimum atomic E-state index is -0.142. The van der Waals surface area contributed by atoms with Crippen molar-refractivity contribution >= 4 is 17.5 Å². The molecule has 0 aromatic heterocycles. The van der Waals surface area contributed by atoms with Gasteiger partial charge in [0.2, 0.25) is 0 Å². The Labute approximate surface area is 119 Å². The largest absolute Gasteiger partial charge is 0.482 e. The Hall–Kier alpha value is -1.26. The molecule has 19 heavy (non-hydrogen) atoms. The van der Waals surface area contributed by atoms with E-state index in [9.17, 15) is 4.79 Å². The summed E-state index contributed by atoms with van der Waals surface area (Å²) in [6, 6.07) is 5.55. The molecule has 0 radical (unpaired) electrons. The lowest BCUT2D eigenvalue weighted by Crippen LogP contribution is -2.37. The second-order valence-electron chi connectivity index (χ2n) is 4.30. The number of ether oxygens (including phenoxy) is 1. The summed E-state index contributed by atoms with van der Waals surface area (Å²) in [6.45, 7) is 4.35. The van der Waals surface area contributed by atoms with E-state index in [0.29, 0.717) is 17.3 Å². The van der Waals surface area contributed by atoms with E-state index in [0.717, 1.165) is 18.4 Å². The van der Waals surface area contributed by atoms with E-state index in [2.05, 4.69) is 5.32 Å². The maximum Gasteiger partial charge on any atom is 0.258 e. The molecule has 0 aliphatic carbocycles. The molecule has 0 aliphatic heterocycles. The van der Waals surface area contributed by atoms with E-state index in [-0.39, 0.29) is 18.6 Å². The zero-order chi connectivity index (χ0) is 14.3. The smallest absolute Gasteiger partial charge is 0.258 e. The Bertz CT molecular complexity index is 420. The number of nitrogens with two attached hydrogens (primary N) is 1. The molecular weight excluding hydrogens is 264 g/mol. The van der Waals surface area contributed by atoms with Crippen LogP contribution in [-0.2, 0) is 11.3 Å². The van der Waals surface area contributed by atoms with Gasteiger partial charge < -0.3 is 15.8 Å². The van der Waals surface area contributed by atoms with Gasteiger partial charge in [0.25, 0.3) is 5.91 Å². The molecule has 3 N–H and O–H groups in total. The van der Waals surface area contributed by atoms with E-state index >= 15 is 0 Å². The van der Waals surface area contributed by atoms with Crippen molar-refractivity contribution in [2.75, 3.05) is 6.61 Å². The normalized spacial score (nSPS) is 10.6. The number of hydrogen-bond donors (Lipinski definition) is 2. The minimum absolute atomic E-state index is 0.0484. The Morgan fingerprint density at radius 1 is 1.42 bits per heavy atom. The summed E-state index contributed by atoms with van der Waals surface area (Å²) in [4.78, 5) is 11.7. The highest BCUT2D eigenvalue weighted by Gasteiger charge is 2.12. The van der Waals surface area contributed by atoms with Crippen molar-refractivity contribution in [3.63, 3.8) is 0 Å². The summed E-state index contributed by atoms with van der Waals surface area (Å²) < 4.78 is 5.49. The van der Waals surface area contributed by atoms with Crippen LogP contribution < -0.4 is 15.8 Å². The fourth-order valence-electron chi connectivity index (χ4n) is 1.78. The zero-order valence-corrected chi connectivity index (χ0v) is 12.2. The van der Waals surface area contributed by atoms with Crippen LogP contribution in [0.3, 0.4) is 0 Å². The Morgan fingerprint density at radius 3 is 2.68 bits per heavy atom. The molecule has 1 aromatic rings. The summed E-state index contributed by atoms with van der Waals surface area (Å²) in [5.41, 5.74) is 6.40. The van der Waals surface area contributed by atoms with Crippen molar-refractivity contribution in [1.29, 1.82) is 0 Å². The van der Waals surface area contributed by atoms with Gasteiger partial charge in [0.1, 0.15) is 5.75 Å². The maximum atomic E-state index is 11.7. The van der Waals surface area contributed by atoms with Gasteiger partial charge in [-0.25, -0.2) is 0 Å². The highest BCUT2D eigenvalue weighted by atomic mass is 35.5. The van der Waals surface area contributed by atoms with Crippen LogP contribution in [0.15, 0.2) is 18.2 Å². The standard InChI is InChI=1S/C14H21ClN2O2/c1-3-11(4-2)17-13(18)9-19-14-10(8-16)6-5-7-12(14)15/h5-7,11H,3-4,8-9,16H2,1-2H3,(H,17,18). The van der Waals surface area contributed by atoms with Crippen LogP contribution in [0.25, 0.3) is 0 Å². The quantitative estimate of drug-likeness (QED) is 0.808. The summed E-state index contributed by atoms with van der Waals surface area (Å²) in [5.74, 6) is 0.350. The summed E-state index contributed by atoms with van der Waals surface area (Å²) in [6.07, 6.45) is 1.81. The number of nitrogens with one attached hydrogen (secondary N) is 1. The van der Waals surface area contributed by atoms with E-state index < -0.39 is 0 Å². The number of hydrogen-bond acceptors (Lipinski definition) is 3. The molecule has 0 atom stereocenters. The lowest BCUT2D eigenvalue weighted by molar-refractivity contribution is -0.123. The number of para-hydroxylation sites is 1. The number of amides is 1. The van der Waals surface area contributed by atoms with Gasteiger partial charge in [-0.15, -0.1) is 0 Å². The third-order valence-electron chi connectivity index (χ3n) is 2.97. The van der Waals surface area contributed by atoms with E-state index in [4.69, 9.17) is 22.1 Å². The molecular formula is C14H21ClN2O2. The topological polar surface area (TPSA) is 64.3 Å². The monoisotopic (exact) mass is 284 g/mol. The highest BCUT2D eigenvalue weighted by Crippen LogP contribution is 2.28. The minimum Gasteiger partial charge on any atom is -0.482 e. The van der Waals surface area contributed by atoms with Crippen molar-refractivity contribution in [1.82, 2.24) is 5.32 Å². The summed E-state index contributed by atoms with van der Waals surface area (Å²) in [7, 11) is 0. The predicted molar refractivity (Wildman–Crippen MR) is 77.4 cm³/mol. The van der Waals surface area contributed by atoms with Gasteiger partial charge in [0.15, 0.2) is 6.61 Å². The first kappa shape index (κ1) is 15.8. The summed E-state index contributed by atoms with van der Waals surface area (Å²) >= 11 is 6.04. The molecule has 0 bridgehead atoms. The molecule has 106 valence electrons. The van der Waals surface area contributed by atoms with E-state index in [1.165, 1.54) is 0 Å². The number of carbonyl (C=O) groups is 1. The van der Waals surface area contributed by atoms with Crippen LogP contribution >= 0.6 is 11.6 Å². The van der Waals surface area contributed by atoms with Gasteiger partial charge in [-0.2, -0.15) is 0 Å². The number of carbonyl (C=O) groups excluding carboxylic acids is 1. The molecule has 0 unspecified atom stereocenters. The first-order valence-corrected chi connectivity index (χ1v) is 6.89. The molecule has 0 fully saturated rings. The molecule has 0 saturated heterocycles. The van der Waals surface area contributed by atoms with Gasteiger partial charge in [-0.1, -0.05) is 37.6 Å². The van der Waals surface area contributed by atoms with Crippen molar-refractivity contribution in [3.05, 3.63) is 28.8 Å². The lowest BCUT2D eigenvalue weighted by Gasteiger charge is -2.16. The lowest BCUT2D eigenvalue weighted by atomic mass is 10.2. The highest BCUT2D eigenvalue weighted by molar-refractivity contribution is 6.32. The second-order valence-corrected chi connectivity index (χ2v) is 4.71. The van der Waals surface area contributed by atoms with Gasteiger partial charge in [-0.3, -0.25) is 4.79 Å². The van der Waals surface area contributed by atoms with E-state index in [1.54, 1.807) is 6.07 Å². The van der Waals surface area contributed by atoms with Crippen molar-refractivity contribution in [2.45, 2.75) is 39.3 Å². The predicted octanol–water partition coefficient (Wildman–Crippen LogP) is 2.48. The van der Waals surface area contributed by atoms with Crippen LogP contribution in [0.2, 0.25) is 5.02 Å². The zero-order valence-electron chi connectivity index (χ0n) is 11.4. The van der Waals surface area contributed by atoms with Crippen molar-refractivity contribution in [3.8, 4) is 5.75 Å². The average Bonchev–Trinajstić information content (AvgIpc) is 2.43. The van der Waals surface area contributed by atoms with Crippen LogP contribution in [0.1, 0.15) is 32.3 Å². The molecule has 1 rings (SSSR count). The van der Waals surface area contributed by atoms with E-state index in [1.807, 2.05) is 26.0 Å². The van der Waals surface area contributed by atoms with Crippen LogP contribution in [0, 0.1) is 0 Å². The van der Waals surface area contributed by atoms with Gasteiger partial charge in [0, 0.05) is 18.2 Å². The Kier molecular flexibility index (Phi) is 6.67. The molecule has 0 saturated carbocycles. The summed E-state index contributed by atoms with van der Waals surface area (Å²) in [5, 5.41) is 3.38. The van der Waals surface area contributed by atoms with Crippen molar-refractivity contribution in [2.24, 2.45) is 5.73 Å². The van der Waals surface area contributed by atoms with Gasteiger partial charge >= 0.3 is 0 Å². The van der Waals surface area contributed by atoms with Crippen molar-refractivity contribution < 1.29 is 9.53 Å². The van der Waals surface area contributed by atoms with Crippen LogP contribution in [-0.4, -0.2) is 18.6 Å². The van der Waals surface area contributed by atoms with Gasteiger partial charge in [0.05, 0.1) is 5.02 Å². The number of halogens is 1. The SMILES string of the molecule is CCC(CC)NC(=O)COc1c(Cl)cccc1CN. The molecule has 0 aliphatic rings. The van der Waals surface area contributed by atoms with Gasteiger partial charge in [-0.05, 0) is 18.9 Å². The second kappa shape index (κ2) is 8.02. The molecule has 0 spiro atoms. The molecule has 4 nitrogen and oxygen atoms in total. The Morgan fingerprint density at radius 2 is 2.11 bits per heavy atom. The average molecular weight is 285 g/mol. The number of benzene rings is 1. The molecule has 1 aromatic carbocycles. The maximum absolute atomic E-state index is 11.7. The fraction of sp³-hybridized carbons (Fsp3) is 0.500. The third kappa shape index (κ3) is 4.73. The molecule has 1 amide bonds. The fourth-order valence-corrected chi connectivity index (χ4v) is 2.02. The first-order valence-electron chi connectivity index (χ1n) is 6.51. The first-order chi connectivity index (χ1) is 9.12.